The van der Waals surface area contributed by atoms with Crippen molar-refractivity contribution in [3.8, 4) is 0 Å². The molecule has 1 unspecified atom stereocenters. The number of carbonyl (C=O) groups excluding carboxylic acids is 1. The van der Waals surface area contributed by atoms with E-state index in [1.807, 2.05) is 6.92 Å². The summed E-state index contributed by atoms with van der Waals surface area (Å²) in [7, 11) is 0. The summed E-state index contributed by atoms with van der Waals surface area (Å²) in [6, 6.07) is 0. The smallest absolute Gasteiger partial charge is 0.158 e. The molecule has 0 radical (unpaired) electrons. The van der Waals surface area contributed by atoms with Crippen LogP contribution >= 0.6 is 0 Å². The molecule has 0 aliphatic heterocycles. The fraction of sp³-hybridized carbons (Fsp3) is 0.923. The summed E-state index contributed by atoms with van der Waals surface area (Å²) in [5, 5.41) is 0. The van der Waals surface area contributed by atoms with Crippen molar-refractivity contribution in [3.63, 3.8) is 0 Å². The quantitative estimate of drug-likeness (QED) is 0.554. The van der Waals surface area contributed by atoms with Gasteiger partial charge in [0.05, 0.1) is 0 Å². The highest BCUT2D eigenvalue weighted by atomic mass is 16.5. The maximum atomic E-state index is 11.5. The Kier molecular flexibility index (Phi) is 10.8. The lowest BCUT2D eigenvalue weighted by molar-refractivity contribution is -0.123. The third-order valence-corrected chi connectivity index (χ3v) is 2.71. The van der Waals surface area contributed by atoms with Crippen molar-refractivity contribution >= 4 is 5.78 Å². The molecule has 16 heavy (non-hydrogen) atoms. The third kappa shape index (κ3) is 8.86. The van der Waals surface area contributed by atoms with Gasteiger partial charge in [-0.25, -0.2) is 0 Å². The van der Waals surface area contributed by atoms with Gasteiger partial charge in [0.15, 0.2) is 5.78 Å². The molecule has 0 amide bonds. The number of Topliss-reactive ketones (excluding diaryl/α,β-unsaturated/α-hetero) is 1. The van der Waals surface area contributed by atoms with Crippen molar-refractivity contribution in [2.45, 2.75) is 52.4 Å². The van der Waals surface area contributed by atoms with E-state index in [-0.39, 0.29) is 12.4 Å². The largest absolute Gasteiger partial charge is 0.374 e. The summed E-state index contributed by atoms with van der Waals surface area (Å²) in [6.07, 6.45) is 5.98. The lowest BCUT2D eigenvalue weighted by Gasteiger charge is -2.14. The van der Waals surface area contributed by atoms with Crippen molar-refractivity contribution in [3.05, 3.63) is 0 Å². The molecular formula is C13H27NO2. The van der Waals surface area contributed by atoms with Crippen molar-refractivity contribution < 1.29 is 9.53 Å². The van der Waals surface area contributed by atoms with Gasteiger partial charge in [0.25, 0.3) is 0 Å². The van der Waals surface area contributed by atoms with Crippen LogP contribution in [0.25, 0.3) is 0 Å². The van der Waals surface area contributed by atoms with Gasteiger partial charge in [0.1, 0.15) is 6.61 Å². The van der Waals surface area contributed by atoms with Crippen LogP contribution in [0.5, 0.6) is 0 Å². The number of hydrogen-bond donors (Lipinski definition) is 1. The highest BCUT2D eigenvalue weighted by Gasteiger charge is 2.10. The molecule has 0 rings (SSSR count). The van der Waals surface area contributed by atoms with Crippen molar-refractivity contribution in [1.82, 2.24) is 0 Å². The molecule has 96 valence electrons. The maximum absolute atomic E-state index is 11.5. The molecule has 0 aliphatic carbocycles. The van der Waals surface area contributed by atoms with E-state index in [0.717, 1.165) is 25.8 Å². The number of rotatable bonds is 11. The van der Waals surface area contributed by atoms with E-state index < -0.39 is 0 Å². The molecule has 0 aliphatic rings. The Labute approximate surface area is 99.7 Å². The van der Waals surface area contributed by atoms with Crippen LogP contribution < -0.4 is 5.73 Å². The van der Waals surface area contributed by atoms with E-state index in [9.17, 15) is 4.79 Å². The third-order valence-electron chi connectivity index (χ3n) is 2.71. The number of ketones is 1. The van der Waals surface area contributed by atoms with E-state index in [1.54, 1.807) is 0 Å². The predicted molar refractivity (Wildman–Crippen MR) is 67.4 cm³/mol. The zero-order valence-corrected chi connectivity index (χ0v) is 10.8. The summed E-state index contributed by atoms with van der Waals surface area (Å²) in [6.45, 7) is 5.92. The standard InChI is InChI=1S/C13H27NO2/c1-3-5-12(8-9-14)6-7-13(15)11-16-10-4-2/h12H,3-11,14H2,1-2H3. The molecule has 3 nitrogen and oxygen atoms in total. The van der Waals surface area contributed by atoms with Crippen LogP contribution in [0.2, 0.25) is 0 Å². The minimum atomic E-state index is 0.228. The first kappa shape index (κ1) is 15.6. The molecule has 0 fully saturated rings. The molecule has 0 saturated heterocycles. The Morgan fingerprint density at radius 1 is 1.19 bits per heavy atom. The SMILES string of the molecule is CCCOCC(=O)CCC(CCC)CCN. The van der Waals surface area contributed by atoms with Gasteiger partial charge in [0.2, 0.25) is 0 Å². The van der Waals surface area contributed by atoms with Crippen LogP contribution in [0, 0.1) is 5.92 Å². The molecule has 0 aromatic heterocycles. The molecule has 0 saturated carbocycles. The molecule has 0 bridgehead atoms. The normalized spacial score (nSPS) is 12.7. The molecule has 0 spiro atoms. The maximum Gasteiger partial charge on any atom is 0.158 e. The summed E-state index contributed by atoms with van der Waals surface area (Å²) in [5.41, 5.74) is 5.55. The van der Waals surface area contributed by atoms with Crippen LogP contribution in [0.15, 0.2) is 0 Å². The Morgan fingerprint density at radius 3 is 2.50 bits per heavy atom. The zero-order valence-electron chi connectivity index (χ0n) is 10.8. The first-order valence-electron chi connectivity index (χ1n) is 6.54. The summed E-state index contributed by atoms with van der Waals surface area (Å²) < 4.78 is 5.22. The van der Waals surface area contributed by atoms with Gasteiger partial charge in [-0.1, -0.05) is 26.7 Å². The van der Waals surface area contributed by atoms with E-state index >= 15 is 0 Å². The van der Waals surface area contributed by atoms with Gasteiger partial charge < -0.3 is 10.5 Å². The van der Waals surface area contributed by atoms with Gasteiger partial charge in [-0.05, 0) is 31.7 Å². The van der Waals surface area contributed by atoms with Gasteiger partial charge in [-0.3, -0.25) is 4.79 Å². The molecule has 3 heteroatoms. The first-order valence-corrected chi connectivity index (χ1v) is 6.54. The number of carbonyl (C=O) groups is 1. The van der Waals surface area contributed by atoms with E-state index in [2.05, 4.69) is 6.92 Å². The Bertz CT molecular complexity index is 165. The molecule has 2 N–H and O–H groups in total. The van der Waals surface area contributed by atoms with Crippen molar-refractivity contribution in [2.75, 3.05) is 19.8 Å². The van der Waals surface area contributed by atoms with Crippen LogP contribution in [0.3, 0.4) is 0 Å². The van der Waals surface area contributed by atoms with E-state index in [1.165, 1.54) is 12.8 Å². The number of nitrogens with two attached hydrogens (primary N) is 1. The average Bonchev–Trinajstić information content (AvgIpc) is 2.27. The van der Waals surface area contributed by atoms with Crippen LogP contribution in [-0.2, 0) is 9.53 Å². The molecule has 1 atom stereocenters. The Balaban J connectivity index is 3.60. The average molecular weight is 229 g/mol. The van der Waals surface area contributed by atoms with E-state index in [0.29, 0.717) is 18.9 Å². The van der Waals surface area contributed by atoms with Gasteiger partial charge in [-0.2, -0.15) is 0 Å². The topological polar surface area (TPSA) is 52.3 Å². The number of hydrogen-bond acceptors (Lipinski definition) is 3. The predicted octanol–water partition coefficient (Wildman–Crippen LogP) is 2.53. The molecule has 0 aromatic rings. The molecule has 0 aromatic carbocycles. The monoisotopic (exact) mass is 229 g/mol. The van der Waals surface area contributed by atoms with Crippen molar-refractivity contribution in [2.24, 2.45) is 11.7 Å². The van der Waals surface area contributed by atoms with Crippen LogP contribution in [-0.4, -0.2) is 25.5 Å². The summed E-state index contributed by atoms with van der Waals surface area (Å²) >= 11 is 0. The minimum Gasteiger partial charge on any atom is -0.374 e. The fourth-order valence-electron chi connectivity index (χ4n) is 1.84. The van der Waals surface area contributed by atoms with E-state index in [4.69, 9.17) is 10.5 Å². The Hall–Kier alpha value is -0.410. The highest BCUT2D eigenvalue weighted by Crippen LogP contribution is 2.17. The lowest BCUT2D eigenvalue weighted by atomic mass is 9.93. The second-order valence-corrected chi connectivity index (χ2v) is 4.36. The van der Waals surface area contributed by atoms with Crippen molar-refractivity contribution in [1.29, 1.82) is 0 Å². The highest BCUT2D eigenvalue weighted by molar-refractivity contribution is 5.79. The molecular weight excluding hydrogens is 202 g/mol. The van der Waals surface area contributed by atoms with Gasteiger partial charge in [0, 0.05) is 13.0 Å². The summed E-state index contributed by atoms with van der Waals surface area (Å²) in [5.74, 6) is 0.844. The summed E-state index contributed by atoms with van der Waals surface area (Å²) in [4.78, 5) is 11.5. The van der Waals surface area contributed by atoms with Gasteiger partial charge >= 0.3 is 0 Å². The first-order chi connectivity index (χ1) is 7.74. The Morgan fingerprint density at radius 2 is 1.94 bits per heavy atom. The second-order valence-electron chi connectivity index (χ2n) is 4.36. The van der Waals surface area contributed by atoms with Crippen LogP contribution in [0.4, 0.5) is 0 Å². The zero-order chi connectivity index (χ0) is 12.2. The minimum absolute atomic E-state index is 0.228. The molecule has 0 heterocycles. The lowest BCUT2D eigenvalue weighted by Crippen LogP contribution is -2.13. The van der Waals surface area contributed by atoms with Gasteiger partial charge in [-0.15, -0.1) is 0 Å². The second kappa shape index (κ2) is 11.1. The number of ether oxygens (including phenoxy) is 1. The van der Waals surface area contributed by atoms with Crippen LogP contribution in [0.1, 0.15) is 52.4 Å². The fourth-order valence-corrected chi connectivity index (χ4v) is 1.84.